The average Bonchev–Trinajstić information content (AvgIpc) is 2.86. The fourth-order valence-electron chi connectivity index (χ4n) is 2.31. The highest BCUT2D eigenvalue weighted by atomic mass is 15.3. The first kappa shape index (κ1) is 13.3. The minimum Gasteiger partial charge on any atom is -0.312 e. The number of nitrogens with zero attached hydrogens (tertiary/aromatic N) is 4. The summed E-state index contributed by atoms with van der Waals surface area (Å²) in [4.78, 5) is 0. The van der Waals surface area contributed by atoms with Gasteiger partial charge < -0.3 is 10.6 Å². The van der Waals surface area contributed by atoms with Crippen LogP contribution in [-0.2, 0) is 0 Å². The summed E-state index contributed by atoms with van der Waals surface area (Å²) in [6.07, 6.45) is 3.90. The summed E-state index contributed by atoms with van der Waals surface area (Å²) in [5.74, 6) is 0. The van der Waals surface area contributed by atoms with E-state index in [-0.39, 0.29) is 0 Å². The Hall–Kier alpha value is -1.66. The van der Waals surface area contributed by atoms with Crippen LogP contribution in [0.4, 0.5) is 0 Å². The standard InChI is InChI=1S/2C7H11N3/c1-6-2-3-10(9-6)7-4-8-5-7;1-6-2-3-9-10(6)7-4-8-5-7/h2*2-3,7-8H,4-5H2,1H3. The fourth-order valence-corrected chi connectivity index (χ4v) is 2.31. The summed E-state index contributed by atoms with van der Waals surface area (Å²) in [6.45, 7) is 8.39. The molecule has 0 spiro atoms. The van der Waals surface area contributed by atoms with Gasteiger partial charge in [-0.2, -0.15) is 10.2 Å². The van der Waals surface area contributed by atoms with Gasteiger partial charge in [0.15, 0.2) is 0 Å². The van der Waals surface area contributed by atoms with E-state index in [1.54, 1.807) is 0 Å². The molecule has 0 amide bonds. The maximum atomic E-state index is 4.31. The Morgan fingerprint density at radius 3 is 2.15 bits per heavy atom. The number of hydrogen-bond acceptors (Lipinski definition) is 4. The lowest BCUT2D eigenvalue weighted by molar-refractivity contribution is 0.313. The van der Waals surface area contributed by atoms with Crippen LogP contribution >= 0.6 is 0 Å². The van der Waals surface area contributed by atoms with Crippen LogP contribution in [0.15, 0.2) is 24.5 Å². The van der Waals surface area contributed by atoms with Crippen molar-refractivity contribution < 1.29 is 0 Å². The van der Waals surface area contributed by atoms with Crippen LogP contribution in [0, 0.1) is 13.8 Å². The molecule has 0 radical (unpaired) electrons. The Kier molecular flexibility index (Phi) is 3.84. The Labute approximate surface area is 119 Å². The van der Waals surface area contributed by atoms with Gasteiger partial charge in [-0.3, -0.25) is 9.36 Å². The molecular weight excluding hydrogens is 252 g/mol. The molecule has 2 N–H and O–H groups in total. The van der Waals surface area contributed by atoms with Gasteiger partial charge in [0.25, 0.3) is 0 Å². The maximum absolute atomic E-state index is 4.31. The Morgan fingerprint density at radius 1 is 1.05 bits per heavy atom. The van der Waals surface area contributed by atoms with E-state index in [1.165, 1.54) is 5.69 Å². The van der Waals surface area contributed by atoms with Gasteiger partial charge in [-0.15, -0.1) is 0 Å². The van der Waals surface area contributed by atoms with E-state index in [4.69, 9.17) is 0 Å². The molecule has 6 heteroatoms. The first-order chi connectivity index (χ1) is 9.74. The summed E-state index contributed by atoms with van der Waals surface area (Å²) >= 11 is 0. The summed E-state index contributed by atoms with van der Waals surface area (Å²) < 4.78 is 4.11. The van der Waals surface area contributed by atoms with E-state index in [2.05, 4.69) is 32.4 Å². The number of aryl methyl sites for hydroxylation is 2. The third-order valence-electron chi connectivity index (χ3n) is 3.85. The molecule has 0 aliphatic carbocycles. The predicted octanol–water partition coefficient (Wildman–Crippen LogP) is 0.672. The average molecular weight is 274 g/mol. The second-order valence-electron chi connectivity index (χ2n) is 5.48. The zero-order valence-electron chi connectivity index (χ0n) is 12.1. The smallest absolute Gasteiger partial charge is 0.0770 e. The quantitative estimate of drug-likeness (QED) is 0.845. The van der Waals surface area contributed by atoms with Crippen LogP contribution in [0.1, 0.15) is 23.5 Å². The molecule has 0 saturated carbocycles. The van der Waals surface area contributed by atoms with Crippen molar-refractivity contribution in [1.82, 2.24) is 30.2 Å². The van der Waals surface area contributed by atoms with Crippen LogP contribution in [0.3, 0.4) is 0 Å². The first-order valence-corrected chi connectivity index (χ1v) is 7.17. The highest BCUT2D eigenvalue weighted by Crippen LogP contribution is 2.12. The lowest BCUT2D eigenvalue weighted by Crippen LogP contribution is -2.44. The van der Waals surface area contributed by atoms with E-state index in [9.17, 15) is 0 Å². The fraction of sp³-hybridized carbons (Fsp3) is 0.571. The van der Waals surface area contributed by atoms with Crippen LogP contribution in [0.5, 0.6) is 0 Å². The second-order valence-corrected chi connectivity index (χ2v) is 5.48. The molecule has 4 heterocycles. The Balaban J connectivity index is 0.000000121. The monoisotopic (exact) mass is 274 g/mol. The first-order valence-electron chi connectivity index (χ1n) is 7.17. The predicted molar refractivity (Wildman–Crippen MR) is 77.7 cm³/mol. The third kappa shape index (κ3) is 2.76. The van der Waals surface area contributed by atoms with Gasteiger partial charge in [0.1, 0.15) is 0 Å². The largest absolute Gasteiger partial charge is 0.312 e. The highest BCUT2D eigenvalue weighted by Gasteiger charge is 2.19. The molecule has 2 saturated heterocycles. The molecule has 2 aromatic rings. The Morgan fingerprint density at radius 2 is 1.75 bits per heavy atom. The molecular formula is C14H22N6. The molecule has 0 aromatic carbocycles. The third-order valence-corrected chi connectivity index (χ3v) is 3.85. The van der Waals surface area contributed by atoms with E-state index in [0.29, 0.717) is 12.1 Å². The topological polar surface area (TPSA) is 59.7 Å². The van der Waals surface area contributed by atoms with Gasteiger partial charge in [-0.1, -0.05) is 0 Å². The molecule has 20 heavy (non-hydrogen) atoms. The molecule has 0 bridgehead atoms. The maximum Gasteiger partial charge on any atom is 0.0770 e. The zero-order valence-corrected chi connectivity index (χ0v) is 12.1. The van der Waals surface area contributed by atoms with Gasteiger partial charge in [0.2, 0.25) is 0 Å². The van der Waals surface area contributed by atoms with E-state index in [1.807, 2.05) is 36.1 Å². The molecule has 108 valence electrons. The Bertz CT molecular complexity index is 550. The van der Waals surface area contributed by atoms with Crippen molar-refractivity contribution >= 4 is 0 Å². The van der Waals surface area contributed by atoms with Crippen molar-refractivity contribution in [3.05, 3.63) is 35.9 Å². The van der Waals surface area contributed by atoms with Gasteiger partial charge in [0.05, 0.1) is 17.8 Å². The molecule has 2 aromatic heterocycles. The normalized spacial score (nSPS) is 18.9. The number of aromatic nitrogens is 4. The van der Waals surface area contributed by atoms with Crippen molar-refractivity contribution in [1.29, 1.82) is 0 Å². The van der Waals surface area contributed by atoms with Crippen LogP contribution in [0.2, 0.25) is 0 Å². The summed E-state index contributed by atoms with van der Waals surface area (Å²) in [5, 5.41) is 14.9. The number of rotatable bonds is 2. The van der Waals surface area contributed by atoms with Crippen molar-refractivity contribution in [2.45, 2.75) is 25.9 Å². The van der Waals surface area contributed by atoms with Gasteiger partial charge >= 0.3 is 0 Å². The molecule has 0 atom stereocenters. The van der Waals surface area contributed by atoms with E-state index in [0.717, 1.165) is 31.9 Å². The van der Waals surface area contributed by atoms with Crippen LogP contribution < -0.4 is 10.6 Å². The van der Waals surface area contributed by atoms with Crippen molar-refractivity contribution in [2.24, 2.45) is 0 Å². The van der Waals surface area contributed by atoms with Gasteiger partial charge in [-0.25, -0.2) is 0 Å². The minimum atomic E-state index is 0.605. The summed E-state index contributed by atoms with van der Waals surface area (Å²) in [5.41, 5.74) is 2.36. The number of hydrogen-bond donors (Lipinski definition) is 2. The lowest BCUT2D eigenvalue weighted by atomic mass is 10.2. The van der Waals surface area contributed by atoms with E-state index >= 15 is 0 Å². The molecule has 2 fully saturated rings. The SMILES string of the molecule is Cc1ccn(C2CNC2)n1.Cc1ccnn1C1CNC1. The van der Waals surface area contributed by atoms with Crippen molar-refractivity contribution in [3.63, 3.8) is 0 Å². The zero-order chi connectivity index (χ0) is 13.9. The molecule has 4 rings (SSSR count). The van der Waals surface area contributed by atoms with Crippen LogP contribution in [-0.4, -0.2) is 45.7 Å². The van der Waals surface area contributed by atoms with Gasteiger partial charge in [-0.05, 0) is 26.0 Å². The summed E-state index contributed by atoms with van der Waals surface area (Å²) in [6, 6.07) is 5.29. The number of nitrogens with one attached hydrogen (secondary N) is 2. The van der Waals surface area contributed by atoms with Crippen molar-refractivity contribution in [3.8, 4) is 0 Å². The molecule has 6 nitrogen and oxygen atoms in total. The van der Waals surface area contributed by atoms with Crippen LogP contribution in [0.25, 0.3) is 0 Å². The molecule has 2 aliphatic heterocycles. The molecule has 0 unspecified atom stereocenters. The van der Waals surface area contributed by atoms with Crippen molar-refractivity contribution in [2.75, 3.05) is 26.2 Å². The lowest BCUT2D eigenvalue weighted by Gasteiger charge is -2.28. The minimum absolute atomic E-state index is 0.605. The highest BCUT2D eigenvalue weighted by molar-refractivity contribution is 5.00. The molecule has 2 aliphatic rings. The van der Waals surface area contributed by atoms with E-state index < -0.39 is 0 Å². The summed E-state index contributed by atoms with van der Waals surface area (Å²) in [7, 11) is 0. The second kappa shape index (κ2) is 5.76. The van der Waals surface area contributed by atoms with Gasteiger partial charge in [0, 0.05) is 44.3 Å².